The summed E-state index contributed by atoms with van der Waals surface area (Å²) in [5.41, 5.74) is 1.28. The lowest BCUT2D eigenvalue weighted by Gasteiger charge is -2.34. The van der Waals surface area contributed by atoms with Gasteiger partial charge in [-0.15, -0.1) is 10.2 Å². The summed E-state index contributed by atoms with van der Waals surface area (Å²) in [6, 6.07) is 4.78. The predicted molar refractivity (Wildman–Crippen MR) is 82.2 cm³/mol. The molecule has 1 aliphatic rings. The van der Waals surface area contributed by atoms with Gasteiger partial charge in [-0.2, -0.15) is 0 Å². The second-order valence-corrected chi connectivity index (χ2v) is 5.53. The van der Waals surface area contributed by atoms with Crippen LogP contribution in [0.4, 0.5) is 5.69 Å². The molecule has 1 aliphatic heterocycles. The number of nitrogens with one attached hydrogen (secondary N) is 1. The van der Waals surface area contributed by atoms with Crippen LogP contribution in [0.1, 0.15) is 18.7 Å². The summed E-state index contributed by atoms with van der Waals surface area (Å²) in [5, 5.41) is 11.7. The topological polar surface area (TPSA) is 58.9 Å². The Bertz CT molecular complexity index is 544. The van der Waals surface area contributed by atoms with Gasteiger partial charge in [0.1, 0.15) is 12.2 Å². The first-order valence-corrected chi connectivity index (χ1v) is 7.54. The first-order valence-electron chi connectivity index (χ1n) is 7.54. The van der Waals surface area contributed by atoms with Gasteiger partial charge < -0.3 is 14.8 Å². The van der Waals surface area contributed by atoms with Crippen LogP contribution in [0.3, 0.4) is 0 Å². The average molecular weight is 286 g/mol. The van der Waals surface area contributed by atoms with Crippen molar-refractivity contribution in [2.24, 2.45) is 7.05 Å². The fourth-order valence-electron chi connectivity index (χ4n) is 2.82. The highest BCUT2D eigenvalue weighted by molar-refractivity contribution is 5.44. The van der Waals surface area contributed by atoms with Gasteiger partial charge in [-0.05, 0) is 25.0 Å². The Labute approximate surface area is 125 Å². The van der Waals surface area contributed by atoms with Crippen molar-refractivity contribution in [1.82, 2.24) is 25.1 Å². The molecule has 0 spiro atoms. The first-order chi connectivity index (χ1) is 10.3. The predicted octanol–water partition coefficient (Wildman–Crippen LogP) is 1.01. The van der Waals surface area contributed by atoms with Crippen LogP contribution in [-0.2, 0) is 13.5 Å². The average Bonchev–Trinajstić information content (AvgIpc) is 2.94. The molecule has 1 saturated heterocycles. The standard InChI is InChI=1S/C15H22N6/c1-20-12-18-19-15(20)4-9-17-13-5-10-21(11-6-13)14-2-7-16-8-3-14/h2-3,7-8,12-13,17H,4-6,9-11H2,1H3. The molecule has 112 valence electrons. The van der Waals surface area contributed by atoms with Crippen molar-refractivity contribution in [2.45, 2.75) is 25.3 Å². The number of piperidine rings is 1. The van der Waals surface area contributed by atoms with E-state index >= 15 is 0 Å². The Morgan fingerprint density at radius 1 is 1.24 bits per heavy atom. The molecule has 21 heavy (non-hydrogen) atoms. The Morgan fingerprint density at radius 3 is 2.67 bits per heavy atom. The molecule has 6 nitrogen and oxygen atoms in total. The van der Waals surface area contributed by atoms with Crippen molar-refractivity contribution in [2.75, 3.05) is 24.5 Å². The SMILES string of the molecule is Cn1cnnc1CCNC1CCN(c2ccncc2)CC1. The van der Waals surface area contributed by atoms with E-state index in [1.807, 2.05) is 24.0 Å². The lowest BCUT2D eigenvalue weighted by atomic mass is 10.0. The zero-order valence-electron chi connectivity index (χ0n) is 12.4. The largest absolute Gasteiger partial charge is 0.371 e. The molecule has 0 atom stereocenters. The highest BCUT2D eigenvalue weighted by Gasteiger charge is 2.18. The summed E-state index contributed by atoms with van der Waals surface area (Å²) in [7, 11) is 1.99. The minimum Gasteiger partial charge on any atom is -0.371 e. The van der Waals surface area contributed by atoms with Gasteiger partial charge in [0.05, 0.1) is 0 Å². The van der Waals surface area contributed by atoms with Crippen LogP contribution in [0.15, 0.2) is 30.9 Å². The second-order valence-electron chi connectivity index (χ2n) is 5.53. The summed E-state index contributed by atoms with van der Waals surface area (Å²) in [5.74, 6) is 1.04. The summed E-state index contributed by atoms with van der Waals surface area (Å²) in [4.78, 5) is 6.51. The number of rotatable bonds is 5. The molecular formula is C15H22N6. The second kappa shape index (κ2) is 6.67. The van der Waals surface area contributed by atoms with Gasteiger partial charge in [0.2, 0.25) is 0 Å². The quantitative estimate of drug-likeness (QED) is 0.889. The van der Waals surface area contributed by atoms with Crippen molar-refractivity contribution < 1.29 is 0 Å². The summed E-state index contributed by atoms with van der Waals surface area (Å²) in [6.45, 7) is 3.17. The number of hydrogen-bond donors (Lipinski definition) is 1. The fourth-order valence-corrected chi connectivity index (χ4v) is 2.82. The minimum absolute atomic E-state index is 0.608. The van der Waals surface area contributed by atoms with Crippen LogP contribution >= 0.6 is 0 Å². The van der Waals surface area contributed by atoms with Crippen molar-refractivity contribution in [1.29, 1.82) is 0 Å². The third-order valence-electron chi connectivity index (χ3n) is 4.11. The summed E-state index contributed by atoms with van der Waals surface area (Å²) < 4.78 is 1.98. The Kier molecular flexibility index (Phi) is 4.45. The lowest BCUT2D eigenvalue weighted by molar-refractivity contribution is 0.415. The fraction of sp³-hybridized carbons (Fsp3) is 0.533. The summed E-state index contributed by atoms with van der Waals surface area (Å²) in [6.07, 6.45) is 8.77. The smallest absolute Gasteiger partial charge is 0.133 e. The van der Waals surface area contributed by atoms with E-state index in [2.05, 4.69) is 37.5 Å². The molecule has 0 unspecified atom stereocenters. The van der Waals surface area contributed by atoms with Gasteiger partial charge in [-0.1, -0.05) is 0 Å². The minimum atomic E-state index is 0.608. The van der Waals surface area contributed by atoms with E-state index in [-0.39, 0.29) is 0 Å². The van der Waals surface area contributed by atoms with Crippen molar-refractivity contribution in [3.63, 3.8) is 0 Å². The van der Waals surface area contributed by atoms with E-state index in [4.69, 9.17) is 0 Å². The third kappa shape index (κ3) is 3.58. The van der Waals surface area contributed by atoms with Gasteiger partial charge in [0, 0.05) is 57.2 Å². The van der Waals surface area contributed by atoms with E-state index in [1.165, 1.54) is 18.5 Å². The molecule has 0 saturated carbocycles. The molecule has 0 aromatic carbocycles. The zero-order valence-corrected chi connectivity index (χ0v) is 12.4. The first kappa shape index (κ1) is 14.0. The monoisotopic (exact) mass is 286 g/mol. The Hall–Kier alpha value is -1.95. The maximum absolute atomic E-state index is 4.11. The van der Waals surface area contributed by atoms with Crippen molar-refractivity contribution in [3.05, 3.63) is 36.7 Å². The molecule has 1 N–H and O–H groups in total. The lowest BCUT2D eigenvalue weighted by Crippen LogP contribution is -2.43. The third-order valence-corrected chi connectivity index (χ3v) is 4.11. The zero-order chi connectivity index (χ0) is 14.5. The molecule has 2 aromatic rings. The normalized spacial score (nSPS) is 16.3. The van der Waals surface area contributed by atoms with E-state index in [9.17, 15) is 0 Å². The van der Waals surface area contributed by atoms with Crippen molar-refractivity contribution >= 4 is 5.69 Å². The maximum Gasteiger partial charge on any atom is 0.133 e. The number of aromatic nitrogens is 4. The number of hydrogen-bond acceptors (Lipinski definition) is 5. The van der Waals surface area contributed by atoms with E-state index in [0.717, 1.165) is 31.9 Å². The van der Waals surface area contributed by atoms with Crippen LogP contribution in [0.2, 0.25) is 0 Å². The Morgan fingerprint density at radius 2 is 2.00 bits per heavy atom. The Balaban J connectivity index is 1.41. The number of nitrogens with zero attached hydrogens (tertiary/aromatic N) is 5. The van der Waals surface area contributed by atoms with Crippen LogP contribution in [0, 0.1) is 0 Å². The van der Waals surface area contributed by atoms with Crippen LogP contribution in [0.25, 0.3) is 0 Å². The van der Waals surface area contributed by atoms with Crippen molar-refractivity contribution in [3.8, 4) is 0 Å². The molecule has 3 rings (SSSR count). The number of aryl methyl sites for hydroxylation is 1. The van der Waals surface area contributed by atoms with E-state index in [0.29, 0.717) is 6.04 Å². The molecule has 6 heteroatoms. The van der Waals surface area contributed by atoms with Gasteiger partial charge >= 0.3 is 0 Å². The number of pyridine rings is 1. The van der Waals surface area contributed by atoms with Crippen LogP contribution < -0.4 is 10.2 Å². The maximum atomic E-state index is 4.11. The van der Waals surface area contributed by atoms with E-state index < -0.39 is 0 Å². The molecule has 0 amide bonds. The highest BCUT2D eigenvalue weighted by Crippen LogP contribution is 2.18. The molecule has 0 aliphatic carbocycles. The molecule has 3 heterocycles. The van der Waals surface area contributed by atoms with Gasteiger partial charge in [-0.3, -0.25) is 4.98 Å². The van der Waals surface area contributed by atoms with Gasteiger partial charge in [-0.25, -0.2) is 0 Å². The van der Waals surface area contributed by atoms with E-state index in [1.54, 1.807) is 6.33 Å². The van der Waals surface area contributed by atoms with Crippen LogP contribution in [0.5, 0.6) is 0 Å². The van der Waals surface area contributed by atoms with Crippen LogP contribution in [-0.4, -0.2) is 45.4 Å². The van der Waals surface area contributed by atoms with Gasteiger partial charge in [0.25, 0.3) is 0 Å². The molecular weight excluding hydrogens is 264 g/mol. The summed E-state index contributed by atoms with van der Waals surface area (Å²) >= 11 is 0. The molecule has 1 fully saturated rings. The molecule has 2 aromatic heterocycles. The number of anilines is 1. The molecule has 0 radical (unpaired) electrons. The molecule has 0 bridgehead atoms. The highest BCUT2D eigenvalue weighted by atomic mass is 15.2. The van der Waals surface area contributed by atoms with Gasteiger partial charge in [0.15, 0.2) is 0 Å².